The number of hydrogen-bond acceptors (Lipinski definition) is 6. The standard InChI is InChI=1S/C16H17N7O/c1-11-3-2-8-22(11)15-5-4-14-18-9-12(23(14)21-15)16(24)20-13-6-7-17-10-19-13/h4-7,9-11H,2-3,8H2,1H3,(H,17,19,20,24). The first-order valence-electron chi connectivity index (χ1n) is 7.91. The summed E-state index contributed by atoms with van der Waals surface area (Å²) in [6.45, 7) is 3.17. The molecule has 1 aliphatic rings. The third-order valence-electron chi connectivity index (χ3n) is 4.25. The second-order valence-electron chi connectivity index (χ2n) is 5.84. The van der Waals surface area contributed by atoms with Gasteiger partial charge in [-0.15, -0.1) is 5.10 Å². The summed E-state index contributed by atoms with van der Waals surface area (Å²) >= 11 is 0. The van der Waals surface area contributed by atoms with Crippen LogP contribution in [-0.4, -0.2) is 43.1 Å². The van der Waals surface area contributed by atoms with Gasteiger partial charge in [0.25, 0.3) is 5.91 Å². The van der Waals surface area contributed by atoms with E-state index in [0.717, 1.165) is 25.2 Å². The van der Waals surface area contributed by atoms with Crippen LogP contribution in [0.4, 0.5) is 11.6 Å². The van der Waals surface area contributed by atoms with Gasteiger partial charge in [0.15, 0.2) is 11.3 Å². The first-order valence-corrected chi connectivity index (χ1v) is 7.91. The number of imidazole rings is 1. The van der Waals surface area contributed by atoms with E-state index in [2.05, 4.69) is 37.2 Å². The van der Waals surface area contributed by atoms with Gasteiger partial charge in [0, 0.05) is 18.8 Å². The molecule has 1 unspecified atom stereocenters. The first kappa shape index (κ1) is 14.6. The van der Waals surface area contributed by atoms with Crippen LogP contribution in [0.25, 0.3) is 5.65 Å². The summed E-state index contributed by atoms with van der Waals surface area (Å²) in [5.74, 6) is 0.996. The highest BCUT2D eigenvalue weighted by Gasteiger charge is 2.23. The molecular weight excluding hydrogens is 306 g/mol. The summed E-state index contributed by atoms with van der Waals surface area (Å²) in [5, 5.41) is 7.35. The fourth-order valence-corrected chi connectivity index (χ4v) is 2.99. The molecule has 3 aromatic heterocycles. The van der Waals surface area contributed by atoms with E-state index >= 15 is 0 Å². The van der Waals surface area contributed by atoms with Gasteiger partial charge in [0.05, 0.1) is 6.20 Å². The number of amides is 1. The van der Waals surface area contributed by atoms with E-state index in [4.69, 9.17) is 0 Å². The molecule has 0 spiro atoms. The molecule has 1 N–H and O–H groups in total. The van der Waals surface area contributed by atoms with Gasteiger partial charge in [-0.05, 0) is 38.0 Å². The summed E-state index contributed by atoms with van der Waals surface area (Å²) in [6, 6.07) is 5.92. The van der Waals surface area contributed by atoms with Crippen LogP contribution in [-0.2, 0) is 0 Å². The lowest BCUT2D eigenvalue weighted by Gasteiger charge is -2.22. The average molecular weight is 323 g/mol. The number of aromatic nitrogens is 5. The van der Waals surface area contributed by atoms with Gasteiger partial charge in [0.1, 0.15) is 18.0 Å². The van der Waals surface area contributed by atoms with E-state index < -0.39 is 0 Å². The monoisotopic (exact) mass is 323 g/mol. The van der Waals surface area contributed by atoms with Gasteiger partial charge in [-0.3, -0.25) is 4.79 Å². The third kappa shape index (κ3) is 2.55. The normalized spacial score (nSPS) is 17.4. The molecule has 0 saturated carbocycles. The number of hydrogen-bond donors (Lipinski definition) is 1. The number of anilines is 2. The van der Waals surface area contributed by atoms with Crippen LogP contribution in [0.5, 0.6) is 0 Å². The predicted molar refractivity (Wildman–Crippen MR) is 89.0 cm³/mol. The summed E-state index contributed by atoms with van der Waals surface area (Å²) in [7, 11) is 0. The minimum atomic E-state index is -0.305. The molecule has 122 valence electrons. The zero-order chi connectivity index (χ0) is 16.5. The molecule has 0 aliphatic carbocycles. The summed E-state index contributed by atoms with van der Waals surface area (Å²) < 4.78 is 1.58. The Morgan fingerprint density at radius 2 is 2.21 bits per heavy atom. The van der Waals surface area contributed by atoms with Crippen LogP contribution in [0, 0.1) is 0 Å². The first-order chi connectivity index (χ1) is 11.7. The number of carbonyl (C=O) groups excluding carboxylic acids is 1. The highest BCUT2D eigenvalue weighted by Crippen LogP contribution is 2.23. The third-order valence-corrected chi connectivity index (χ3v) is 4.25. The van der Waals surface area contributed by atoms with Crippen LogP contribution >= 0.6 is 0 Å². The van der Waals surface area contributed by atoms with Crippen molar-refractivity contribution in [1.82, 2.24) is 24.6 Å². The van der Waals surface area contributed by atoms with Crippen molar-refractivity contribution in [3.8, 4) is 0 Å². The molecule has 8 nitrogen and oxygen atoms in total. The smallest absolute Gasteiger partial charge is 0.277 e. The number of nitrogens with one attached hydrogen (secondary N) is 1. The Hall–Kier alpha value is -3.03. The molecule has 1 amide bonds. The molecule has 0 aromatic carbocycles. The molecule has 0 bridgehead atoms. The molecule has 4 heterocycles. The van der Waals surface area contributed by atoms with Crippen LogP contribution in [0.15, 0.2) is 36.9 Å². The predicted octanol–water partition coefficient (Wildman–Crippen LogP) is 1.76. The second kappa shape index (κ2) is 5.88. The molecule has 8 heteroatoms. The van der Waals surface area contributed by atoms with Crippen molar-refractivity contribution in [3.05, 3.63) is 42.6 Å². The van der Waals surface area contributed by atoms with Crippen LogP contribution in [0.2, 0.25) is 0 Å². The van der Waals surface area contributed by atoms with Crippen LogP contribution in [0.1, 0.15) is 30.3 Å². The van der Waals surface area contributed by atoms with Gasteiger partial charge in [-0.1, -0.05) is 0 Å². The van der Waals surface area contributed by atoms with Gasteiger partial charge in [0.2, 0.25) is 0 Å². The Morgan fingerprint density at radius 3 is 2.96 bits per heavy atom. The summed E-state index contributed by atoms with van der Waals surface area (Å²) in [4.78, 5) is 26.8. The average Bonchev–Trinajstić information content (AvgIpc) is 3.21. The number of nitrogens with zero attached hydrogens (tertiary/aromatic N) is 6. The zero-order valence-corrected chi connectivity index (χ0v) is 13.3. The quantitative estimate of drug-likeness (QED) is 0.790. The van der Waals surface area contributed by atoms with E-state index in [1.807, 2.05) is 12.1 Å². The van der Waals surface area contributed by atoms with Crippen molar-refractivity contribution < 1.29 is 4.79 Å². The number of rotatable bonds is 3. The van der Waals surface area contributed by atoms with Gasteiger partial charge in [-0.25, -0.2) is 19.5 Å². The Kier molecular flexibility index (Phi) is 3.56. The van der Waals surface area contributed by atoms with Crippen molar-refractivity contribution in [1.29, 1.82) is 0 Å². The van der Waals surface area contributed by atoms with E-state index in [9.17, 15) is 4.79 Å². The Balaban J connectivity index is 1.67. The maximum atomic E-state index is 12.5. The van der Waals surface area contributed by atoms with Crippen molar-refractivity contribution in [2.45, 2.75) is 25.8 Å². The minimum absolute atomic E-state index is 0.305. The van der Waals surface area contributed by atoms with Crippen molar-refractivity contribution in [2.75, 3.05) is 16.8 Å². The molecule has 1 atom stereocenters. The molecule has 1 aliphatic heterocycles. The molecule has 0 radical (unpaired) electrons. The molecule has 3 aromatic rings. The Bertz CT molecular complexity index is 877. The fraction of sp³-hybridized carbons (Fsp3) is 0.312. The van der Waals surface area contributed by atoms with Crippen molar-refractivity contribution >= 4 is 23.2 Å². The molecule has 1 saturated heterocycles. The highest BCUT2D eigenvalue weighted by molar-refractivity contribution is 6.02. The maximum Gasteiger partial charge on any atom is 0.277 e. The molecule has 24 heavy (non-hydrogen) atoms. The van der Waals surface area contributed by atoms with E-state index in [0.29, 0.717) is 23.2 Å². The van der Waals surface area contributed by atoms with E-state index in [1.54, 1.807) is 16.8 Å². The van der Waals surface area contributed by atoms with Gasteiger partial charge >= 0.3 is 0 Å². The van der Waals surface area contributed by atoms with Crippen LogP contribution < -0.4 is 10.2 Å². The summed E-state index contributed by atoms with van der Waals surface area (Å²) in [6.07, 6.45) is 6.80. The lowest BCUT2D eigenvalue weighted by atomic mass is 10.2. The van der Waals surface area contributed by atoms with Crippen molar-refractivity contribution in [3.63, 3.8) is 0 Å². The Labute approximate surface area is 138 Å². The number of carbonyl (C=O) groups is 1. The SMILES string of the molecule is CC1CCCN1c1ccc2ncc(C(=O)Nc3ccncn3)n2n1. The lowest BCUT2D eigenvalue weighted by Crippen LogP contribution is -2.28. The molecular formula is C16H17N7O. The largest absolute Gasteiger partial charge is 0.352 e. The second-order valence-corrected chi connectivity index (χ2v) is 5.84. The van der Waals surface area contributed by atoms with Crippen molar-refractivity contribution in [2.24, 2.45) is 0 Å². The maximum absolute atomic E-state index is 12.5. The van der Waals surface area contributed by atoms with Gasteiger partial charge in [-0.2, -0.15) is 0 Å². The topological polar surface area (TPSA) is 88.3 Å². The Morgan fingerprint density at radius 1 is 1.29 bits per heavy atom. The summed E-state index contributed by atoms with van der Waals surface area (Å²) in [5.41, 5.74) is 1.01. The van der Waals surface area contributed by atoms with Crippen LogP contribution in [0.3, 0.4) is 0 Å². The molecule has 1 fully saturated rings. The fourth-order valence-electron chi connectivity index (χ4n) is 2.99. The van der Waals surface area contributed by atoms with Gasteiger partial charge < -0.3 is 10.2 Å². The van der Waals surface area contributed by atoms with E-state index in [1.165, 1.54) is 12.5 Å². The molecule has 4 rings (SSSR count). The highest BCUT2D eigenvalue weighted by atomic mass is 16.2. The lowest BCUT2D eigenvalue weighted by molar-refractivity contribution is 0.102. The number of fused-ring (bicyclic) bond motifs is 1. The van der Waals surface area contributed by atoms with E-state index in [-0.39, 0.29) is 5.91 Å². The minimum Gasteiger partial charge on any atom is -0.352 e. The zero-order valence-electron chi connectivity index (χ0n) is 13.3.